The molecule has 5 nitrogen and oxygen atoms in total. The molecule has 0 spiro atoms. The summed E-state index contributed by atoms with van der Waals surface area (Å²) in [6, 6.07) is 21.2. The van der Waals surface area contributed by atoms with Gasteiger partial charge in [0.1, 0.15) is 5.60 Å². The SMILES string of the molecule is CC(C)(C)OC(=O)N1CC2(CO[Si](c3ccccc3)(c3ccccc3)C(C)(C)C)CC1(CO)C2. The predicted octanol–water partition coefficient (Wildman–Crippen LogP) is 4.33. The number of amides is 1. The van der Waals surface area contributed by atoms with Crippen molar-refractivity contribution in [2.24, 2.45) is 5.41 Å². The maximum absolute atomic E-state index is 13.0. The minimum Gasteiger partial charge on any atom is -0.444 e. The second-order valence-electron chi connectivity index (χ2n) is 12.3. The summed E-state index contributed by atoms with van der Waals surface area (Å²) >= 11 is 0. The van der Waals surface area contributed by atoms with Gasteiger partial charge in [0.25, 0.3) is 8.32 Å². The molecule has 0 atom stereocenters. The zero-order valence-corrected chi connectivity index (χ0v) is 22.4. The van der Waals surface area contributed by atoms with Crippen molar-refractivity contribution >= 4 is 24.8 Å². The van der Waals surface area contributed by atoms with Crippen LogP contribution in [-0.2, 0) is 9.16 Å². The summed E-state index contributed by atoms with van der Waals surface area (Å²) in [6.45, 7) is 13.5. The van der Waals surface area contributed by atoms with Crippen LogP contribution in [0.25, 0.3) is 0 Å². The smallest absolute Gasteiger partial charge is 0.410 e. The molecule has 2 aromatic carbocycles. The highest BCUT2D eigenvalue weighted by Crippen LogP contribution is 2.60. The Hall–Kier alpha value is -2.15. The molecule has 3 aliphatic rings. The van der Waals surface area contributed by atoms with Crippen molar-refractivity contribution in [3.8, 4) is 0 Å². The molecule has 1 N–H and O–H groups in total. The molecule has 0 unspecified atom stereocenters. The number of nitrogens with zero attached hydrogens (tertiary/aromatic N) is 1. The Kier molecular flexibility index (Phi) is 6.24. The molecular formula is C28H39NO4Si. The van der Waals surface area contributed by atoms with Crippen LogP contribution in [0.15, 0.2) is 60.7 Å². The van der Waals surface area contributed by atoms with E-state index in [1.165, 1.54) is 10.4 Å². The highest BCUT2D eigenvalue weighted by atomic mass is 28.4. The van der Waals surface area contributed by atoms with Gasteiger partial charge in [0.05, 0.1) is 12.1 Å². The number of carbonyl (C=O) groups excluding carboxylic acids is 1. The number of hydrogen-bond acceptors (Lipinski definition) is 4. The van der Waals surface area contributed by atoms with Gasteiger partial charge in [-0.25, -0.2) is 4.79 Å². The highest BCUT2D eigenvalue weighted by Gasteiger charge is 2.68. The lowest BCUT2D eigenvalue weighted by Gasteiger charge is -2.49. The maximum atomic E-state index is 13.0. The quantitative estimate of drug-likeness (QED) is 0.624. The van der Waals surface area contributed by atoms with Crippen LogP contribution in [0.3, 0.4) is 0 Å². The third-order valence-electron chi connectivity index (χ3n) is 7.39. The molecular weight excluding hydrogens is 442 g/mol. The van der Waals surface area contributed by atoms with E-state index in [1.807, 2.05) is 32.9 Å². The first-order chi connectivity index (χ1) is 15.9. The van der Waals surface area contributed by atoms with E-state index in [1.54, 1.807) is 4.90 Å². The van der Waals surface area contributed by atoms with Crippen molar-refractivity contribution in [1.29, 1.82) is 0 Å². The molecule has 6 heteroatoms. The topological polar surface area (TPSA) is 59.0 Å². The normalized spacial score (nSPS) is 24.6. The zero-order chi connectivity index (χ0) is 24.8. The first kappa shape index (κ1) is 25.0. The Balaban J connectivity index is 1.65. The summed E-state index contributed by atoms with van der Waals surface area (Å²) in [5.41, 5.74) is -1.26. The standard InChI is InChI=1S/C28H39NO4Si/c1-25(2,3)33-24(31)29-19-27(17-28(29,18-27)20-30)21-32-34(26(4,5)6,22-13-9-7-10-14-22)23-15-11-8-12-16-23/h7-16,30H,17-21H2,1-6H3. The van der Waals surface area contributed by atoms with Crippen LogP contribution in [0.5, 0.6) is 0 Å². The van der Waals surface area contributed by atoms with Crippen molar-refractivity contribution in [2.45, 2.75) is 70.6 Å². The Morgan fingerprint density at radius 2 is 1.44 bits per heavy atom. The van der Waals surface area contributed by atoms with E-state index in [0.717, 1.165) is 12.8 Å². The summed E-state index contributed by atoms with van der Waals surface area (Å²) in [4.78, 5) is 14.7. The van der Waals surface area contributed by atoms with Gasteiger partial charge in [-0.15, -0.1) is 0 Å². The maximum Gasteiger partial charge on any atom is 0.410 e. The van der Waals surface area contributed by atoms with Crippen molar-refractivity contribution in [2.75, 3.05) is 19.8 Å². The summed E-state index contributed by atoms with van der Waals surface area (Å²) < 4.78 is 12.9. The van der Waals surface area contributed by atoms with E-state index in [9.17, 15) is 9.90 Å². The Morgan fingerprint density at radius 3 is 1.85 bits per heavy atom. The Bertz CT molecular complexity index is 965. The first-order valence-corrected chi connectivity index (χ1v) is 14.1. The molecule has 5 rings (SSSR count). The van der Waals surface area contributed by atoms with Crippen molar-refractivity contribution in [3.63, 3.8) is 0 Å². The van der Waals surface area contributed by atoms with E-state index >= 15 is 0 Å². The fourth-order valence-corrected chi connectivity index (χ4v) is 10.8. The highest BCUT2D eigenvalue weighted by molar-refractivity contribution is 6.99. The minimum atomic E-state index is -2.66. The molecule has 0 aromatic heterocycles. The van der Waals surface area contributed by atoms with Crippen LogP contribution in [-0.4, -0.2) is 55.3 Å². The first-order valence-electron chi connectivity index (χ1n) is 12.2. The number of rotatable bonds is 6. The third-order valence-corrected chi connectivity index (χ3v) is 12.4. The number of fused-ring (bicyclic) bond motifs is 1. The molecule has 0 radical (unpaired) electrons. The van der Waals surface area contributed by atoms with E-state index in [4.69, 9.17) is 9.16 Å². The number of carbonyl (C=O) groups is 1. The Morgan fingerprint density at radius 1 is 0.941 bits per heavy atom. The summed E-state index contributed by atoms with van der Waals surface area (Å²) in [5, 5.41) is 12.6. The fraction of sp³-hybridized carbons (Fsp3) is 0.536. The second-order valence-corrected chi connectivity index (χ2v) is 16.6. The molecule has 3 fully saturated rings. The van der Waals surface area contributed by atoms with Gasteiger partial charge in [-0.2, -0.15) is 0 Å². The second kappa shape index (κ2) is 8.50. The number of aliphatic hydroxyl groups is 1. The van der Waals surface area contributed by atoms with Gasteiger partial charge >= 0.3 is 6.09 Å². The van der Waals surface area contributed by atoms with E-state index in [2.05, 4.69) is 69.3 Å². The molecule has 2 saturated heterocycles. The lowest BCUT2D eigenvalue weighted by Crippen LogP contribution is -2.67. The van der Waals surface area contributed by atoms with Crippen LogP contribution >= 0.6 is 0 Å². The van der Waals surface area contributed by atoms with Crippen molar-refractivity contribution in [1.82, 2.24) is 4.90 Å². The molecule has 1 amide bonds. The zero-order valence-electron chi connectivity index (χ0n) is 21.4. The van der Waals surface area contributed by atoms with Crippen LogP contribution in [0.2, 0.25) is 5.04 Å². The molecule has 2 aromatic rings. The number of aliphatic hydroxyl groups excluding tert-OH is 1. The average Bonchev–Trinajstić information content (AvgIpc) is 3.25. The third kappa shape index (κ3) is 4.21. The van der Waals surface area contributed by atoms with Crippen LogP contribution in [0.4, 0.5) is 4.79 Å². The summed E-state index contributed by atoms with van der Waals surface area (Å²) in [6.07, 6.45) is 1.15. The fourth-order valence-electron chi connectivity index (χ4n) is 6.09. The molecule has 184 valence electrons. The molecule has 2 bridgehead atoms. The largest absolute Gasteiger partial charge is 0.444 e. The monoisotopic (exact) mass is 481 g/mol. The number of benzene rings is 2. The molecule has 1 aliphatic carbocycles. The number of ether oxygens (including phenoxy) is 1. The Labute approximate surface area is 205 Å². The van der Waals surface area contributed by atoms with Gasteiger partial charge in [0, 0.05) is 18.6 Å². The molecule has 1 saturated carbocycles. The minimum absolute atomic E-state index is 0.0484. The van der Waals surface area contributed by atoms with Gasteiger partial charge in [0.2, 0.25) is 0 Å². The van der Waals surface area contributed by atoms with Gasteiger partial charge in [0.15, 0.2) is 0 Å². The lowest BCUT2D eigenvalue weighted by molar-refractivity contribution is -0.0283. The van der Waals surface area contributed by atoms with E-state index in [0.29, 0.717) is 13.2 Å². The van der Waals surface area contributed by atoms with Crippen molar-refractivity contribution < 1.29 is 19.1 Å². The number of hydrogen-bond donors (Lipinski definition) is 1. The summed E-state index contributed by atoms with van der Waals surface area (Å²) in [7, 11) is -2.66. The predicted molar refractivity (Wildman–Crippen MR) is 138 cm³/mol. The van der Waals surface area contributed by atoms with Gasteiger partial charge < -0.3 is 14.3 Å². The lowest BCUT2D eigenvalue weighted by atomic mass is 9.63. The van der Waals surface area contributed by atoms with Crippen LogP contribution in [0, 0.1) is 5.41 Å². The van der Waals surface area contributed by atoms with Gasteiger partial charge in [-0.3, -0.25) is 4.90 Å². The van der Waals surface area contributed by atoms with Gasteiger partial charge in [-0.05, 0) is 49.0 Å². The summed E-state index contributed by atoms with van der Waals surface area (Å²) in [5.74, 6) is 0. The van der Waals surface area contributed by atoms with Crippen molar-refractivity contribution in [3.05, 3.63) is 60.7 Å². The van der Waals surface area contributed by atoms with Crippen LogP contribution in [0.1, 0.15) is 54.4 Å². The van der Waals surface area contributed by atoms with E-state index in [-0.39, 0.29) is 23.2 Å². The molecule has 2 aliphatic heterocycles. The average molecular weight is 482 g/mol. The van der Waals surface area contributed by atoms with Crippen LogP contribution < -0.4 is 10.4 Å². The molecule has 2 heterocycles. The molecule has 34 heavy (non-hydrogen) atoms. The van der Waals surface area contributed by atoms with E-state index < -0.39 is 19.5 Å². The van der Waals surface area contributed by atoms with Gasteiger partial charge in [-0.1, -0.05) is 81.4 Å².